The van der Waals surface area contributed by atoms with Gasteiger partial charge in [-0.3, -0.25) is 0 Å². The van der Waals surface area contributed by atoms with Crippen molar-refractivity contribution >= 4 is 0 Å². The summed E-state index contributed by atoms with van der Waals surface area (Å²) in [6.07, 6.45) is 10.2. The molecule has 1 rings (SSSR count). The first-order valence-electron chi connectivity index (χ1n) is 6.53. The normalized spacial score (nSPS) is 24.8. The van der Waals surface area contributed by atoms with Gasteiger partial charge in [0.05, 0.1) is 0 Å². The summed E-state index contributed by atoms with van der Waals surface area (Å²) in [5.74, 6) is 0.750. The van der Waals surface area contributed by atoms with E-state index in [1.807, 2.05) is 0 Å². The third kappa shape index (κ3) is 3.92. The van der Waals surface area contributed by atoms with Crippen LogP contribution >= 0.6 is 0 Å². The van der Waals surface area contributed by atoms with E-state index in [1.165, 1.54) is 24.8 Å². The Labute approximate surface area is 106 Å². The fourth-order valence-corrected chi connectivity index (χ4v) is 2.35. The molecule has 94 valence electrons. The average Bonchev–Trinajstić information content (AvgIpc) is 2.71. The average molecular weight is 231 g/mol. The molecule has 0 bridgehead atoms. The number of rotatable bonds is 5. The molecule has 0 amide bonds. The lowest BCUT2D eigenvalue weighted by molar-refractivity contribution is 0.688. The molecule has 0 spiro atoms. The van der Waals surface area contributed by atoms with Gasteiger partial charge in [-0.05, 0) is 50.7 Å². The Balaban J connectivity index is 2.72. The Hall–Kier alpha value is -1.24. The molecule has 1 aliphatic carbocycles. The molecule has 17 heavy (non-hydrogen) atoms. The van der Waals surface area contributed by atoms with Gasteiger partial charge in [0.1, 0.15) is 0 Å². The molecule has 1 heteroatoms. The highest BCUT2D eigenvalue weighted by atomic mass is 14.9. The summed E-state index contributed by atoms with van der Waals surface area (Å²) in [5, 5.41) is 3.34. The van der Waals surface area contributed by atoms with E-state index in [1.54, 1.807) is 11.6 Å². The fourth-order valence-electron chi connectivity index (χ4n) is 2.35. The van der Waals surface area contributed by atoms with E-state index < -0.39 is 0 Å². The summed E-state index contributed by atoms with van der Waals surface area (Å²) in [6, 6.07) is 0.297. The molecule has 0 saturated heterocycles. The van der Waals surface area contributed by atoms with Crippen molar-refractivity contribution in [3.8, 4) is 0 Å². The van der Waals surface area contributed by atoms with Crippen LogP contribution in [0.5, 0.6) is 0 Å². The highest BCUT2D eigenvalue weighted by Gasteiger charge is 2.17. The quantitative estimate of drug-likeness (QED) is 0.693. The number of allylic oxidation sites excluding steroid dienone is 3. The van der Waals surface area contributed by atoms with Crippen LogP contribution in [0, 0.1) is 5.92 Å². The first kappa shape index (κ1) is 13.8. The van der Waals surface area contributed by atoms with Crippen molar-refractivity contribution in [2.45, 2.75) is 46.1 Å². The number of hydrogen-bond donors (Lipinski definition) is 1. The minimum atomic E-state index is 0.297. The maximum absolute atomic E-state index is 3.90. The van der Waals surface area contributed by atoms with Gasteiger partial charge in [-0.25, -0.2) is 0 Å². The monoisotopic (exact) mass is 231 g/mol. The summed E-state index contributed by atoms with van der Waals surface area (Å²) >= 11 is 0. The maximum atomic E-state index is 3.90. The van der Waals surface area contributed by atoms with Crippen LogP contribution in [0.3, 0.4) is 0 Å². The van der Waals surface area contributed by atoms with Crippen LogP contribution in [-0.2, 0) is 0 Å². The van der Waals surface area contributed by atoms with Crippen molar-refractivity contribution in [3.63, 3.8) is 0 Å². The summed E-state index contributed by atoms with van der Waals surface area (Å²) in [7, 11) is 0. The number of nitrogens with one attached hydrogen (secondary N) is 1. The summed E-state index contributed by atoms with van der Waals surface area (Å²) < 4.78 is 0. The SMILES string of the molecule is C=CC(=C)NC(C)C(/C=C1/CCCC1C)=C/C. The van der Waals surface area contributed by atoms with Crippen molar-refractivity contribution in [1.82, 2.24) is 5.32 Å². The summed E-state index contributed by atoms with van der Waals surface area (Å²) in [5.41, 5.74) is 3.82. The fraction of sp³-hybridized carbons (Fsp3) is 0.500. The molecule has 1 nitrogen and oxygen atoms in total. The Morgan fingerprint density at radius 1 is 1.53 bits per heavy atom. The van der Waals surface area contributed by atoms with Crippen LogP contribution < -0.4 is 5.32 Å². The molecular weight excluding hydrogens is 206 g/mol. The molecule has 0 aliphatic heterocycles. The highest BCUT2D eigenvalue weighted by Crippen LogP contribution is 2.31. The minimum Gasteiger partial charge on any atom is -0.379 e. The van der Waals surface area contributed by atoms with Crippen LogP contribution in [0.25, 0.3) is 0 Å². The minimum absolute atomic E-state index is 0.297. The predicted octanol–water partition coefficient (Wildman–Crippen LogP) is 4.36. The molecule has 0 aromatic rings. The third-order valence-corrected chi connectivity index (χ3v) is 3.57. The second-order valence-electron chi connectivity index (χ2n) is 4.90. The Morgan fingerprint density at radius 3 is 2.71 bits per heavy atom. The standard InChI is InChI=1S/C16H25N/c1-6-13(4)17-14(5)15(7-2)11-16-10-8-9-12(16)3/h6-7,11-12,14,17H,1,4,8-10H2,2-3,5H3/b15-7+,16-11-. The molecule has 0 aromatic carbocycles. The van der Waals surface area contributed by atoms with E-state index in [-0.39, 0.29) is 0 Å². The lowest BCUT2D eigenvalue weighted by Gasteiger charge is -2.18. The van der Waals surface area contributed by atoms with E-state index in [0.29, 0.717) is 6.04 Å². The molecule has 0 aromatic heterocycles. The Kier molecular flexibility index (Phi) is 5.27. The van der Waals surface area contributed by atoms with Gasteiger partial charge in [0, 0.05) is 11.7 Å². The molecule has 1 aliphatic rings. The predicted molar refractivity (Wildman–Crippen MR) is 76.8 cm³/mol. The lowest BCUT2D eigenvalue weighted by Crippen LogP contribution is -2.25. The van der Waals surface area contributed by atoms with Gasteiger partial charge in [-0.1, -0.05) is 37.8 Å². The molecule has 1 saturated carbocycles. The molecule has 0 heterocycles. The van der Waals surface area contributed by atoms with Gasteiger partial charge >= 0.3 is 0 Å². The van der Waals surface area contributed by atoms with Gasteiger partial charge in [0.15, 0.2) is 0 Å². The molecule has 1 N–H and O–H groups in total. The first-order chi connectivity index (χ1) is 8.08. The second-order valence-corrected chi connectivity index (χ2v) is 4.90. The van der Waals surface area contributed by atoms with Crippen LogP contribution in [0.1, 0.15) is 40.0 Å². The maximum Gasteiger partial charge on any atom is 0.0482 e. The van der Waals surface area contributed by atoms with Crippen molar-refractivity contribution in [1.29, 1.82) is 0 Å². The summed E-state index contributed by atoms with van der Waals surface area (Å²) in [4.78, 5) is 0. The highest BCUT2D eigenvalue weighted by molar-refractivity contribution is 5.31. The van der Waals surface area contributed by atoms with Crippen molar-refractivity contribution in [2.75, 3.05) is 0 Å². The van der Waals surface area contributed by atoms with E-state index >= 15 is 0 Å². The van der Waals surface area contributed by atoms with Crippen LogP contribution in [0.2, 0.25) is 0 Å². The van der Waals surface area contributed by atoms with Crippen molar-refractivity contribution in [3.05, 3.63) is 48.2 Å². The van der Waals surface area contributed by atoms with Crippen molar-refractivity contribution < 1.29 is 0 Å². The molecular formula is C16H25N. The smallest absolute Gasteiger partial charge is 0.0482 e. The van der Waals surface area contributed by atoms with E-state index in [2.05, 4.69) is 51.4 Å². The zero-order chi connectivity index (χ0) is 12.8. The zero-order valence-electron chi connectivity index (χ0n) is 11.4. The molecule has 0 radical (unpaired) electrons. The van der Waals surface area contributed by atoms with E-state index in [0.717, 1.165) is 11.6 Å². The Morgan fingerprint density at radius 2 is 2.24 bits per heavy atom. The number of hydrogen-bond acceptors (Lipinski definition) is 1. The van der Waals surface area contributed by atoms with Crippen LogP contribution in [0.15, 0.2) is 48.2 Å². The molecule has 2 unspecified atom stereocenters. The second kappa shape index (κ2) is 6.48. The molecule has 1 fully saturated rings. The van der Waals surface area contributed by atoms with Crippen LogP contribution in [0.4, 0.5) is 0 Å². The van der Waals surface area contributed by atoms with Gasteiger partial charge in [-0.15, -0.1) is 0 Å². The third-order valence-electron chi connectivity index (χ3n) is 3.57. The van der Waals surface area contributed by atoms with E-state index in [4.69, 9.17) is 0 Å². The zero-order valence-corrected chi connectivity index (χ0v) is 11.4. The summed E-state index contributed by atoms with van der Waals surface area (Å²) in [6.45, 7) is 14.2. The van der Waals surface area contributed by atoms with Gasteiger partial charge in [-0.2, -0.15) is 0 Å². The topological polar surface area (TPSA) is 12.0 Å². The van der Waals surface area contributed by atoms with Crippen molar-refractivity contribution in [2.24, 2.45) is 5.92 Å². The first-order valence-corrected chi connectivity index (χ1v) is 6.53. The lowest BCUT2D eigenvalue weighted by atomic mass is 9.99. The van der Waals surface area contributed by atoms with Gasteiger partial charge in [0.2, 0.25) is 0 Å². The van der Waals surface area contributed by atoms with E-state index in [9.17, 15) is 0 Å². The van der Waals surface area contributed by atoms with Gasteiger partial charge < -0.3 is 5.32 Å². The Bertz CT molecular complexity index is 347. The van der Waals surface area contributed by atoms with Crippen LogP contribution in [-0.4, -0.2) is 6.04 Å². The molecule has 2 atom stereocenters. The largest absolute Gasteiger partial charge is 0.379 e. The van der Waals surface area contributed by atoms with Gasteiger partial charge in [0.25, 0.3) is 0 Å².